The van der Waals surface area contributed by atoms with Crippen molar-refractivity contribution >= 4 is 0 Å². The van der Waals surface area contributed by atoms with Gasteiger partial charge in [-0.25, -0.2) is 4.39 Å². The Morgan fingerprint density at radius 1 is 1.56 bits per heavy atom. The third kappa shape index (κ3) is 1.59. The first-order valence-electron chi connectivity index (χ1n) is 3.01. The zero-order valence-corrected chi connectivity index (χ0v) is 5.55. The molecule has 0 aliphatic carbocycles. The van der Waals surface area contributed by atoms with Crippen molar-refractivity contribution in [3.63, 3.8) is 0 Å². The average Bonchev–Trinajstić information content (AvgIpc) is 2.17. The molecule has 0 fully saturated rings. The molecular formula is C6H11FN2. The molecule has 52 valence electrons. The fourth-order valence-corrected chi connectivity index (χ4v) is 0.843. The van der Waals surface area contributed by atoms with Gasteiger partial charge in [-0.15, -0.1) is 0 Å². The van der Waals surface area contributed by atoms with Crippen molar-refractivity contribution in [2.75, 3.05) is 26.9 Å². The van der Waals surface area contributed by atoms with Crippen LogP contribution in [-0.2, 0) is 0 Å². The van der Waals surface area contributed by atoms with E-state index in [1.54, 1.807) is 0 Å². The highest BCUT2D eigenvalue weighted by atomic mass is 19.1. The summed E-state index contributed by atoms with van der Waals surface area (Å²) in [6, 6.07) is 0. The molecule has 1 aliphatic rings. The van der Waals surface area contributed by atoms with E-state index in [4.69, 9.17) is 0 Å². The predicted octanol–water partition coefficient (Wildman–Crippen LogP) is 0.632. The van der Waals surface area contributed by atoms with Crippen LogP contribution in [0.4, 0.5) is 4.39 Å². The van der Waals surface area contributed by atoms with Crippen molar-refractivity contribution in [2.45, 2.75) is 0 Å². The lowest BCUT2D eigenvalue weighted by Gasteiger charge is -2.15. The standard InChI is InChI=1S/C6H11FN2/c1-8-4-5-9(6-8)3-2-7/h4-5H,2-3,6H2,1H3. The first kappa shape index (κ1) is 6.39. The molecule has 0 amide bonds. The maximum Gasteiger partial charge on any atom is 0.107 e. The SMILES string of the molecule is CN1C=CN(CCF)C1. The molecule has 0 aromatic heterocycles. The molecule has 0 aromatic carbocycles. The van der Waals surface area contributed by atoms with Gasteiger partial charge < -0.3 is 9.80 Å². The summed E-state index contributed by atoms with van der Waals surface area (Å²) in [5, 5.41) is 0. The highest BCUT2D eigenvalue weighted by molar-refractivity contribution is 4.88. The van der Waals surface area contributed by atoms with Gasteiger partial charge >= 0.3 is 0 Å². The zero-order valence-electron chi connectivity index (χ0n) is 5.55. The molecule has 0 saturated heterocycles. The quantitative estimate of drug-likeness (QED) is 0.541. The van der Waals surface area contributed by atoms with Gasteiger partial charge in [-0.1, -0.05) is 0 Å². The minimum atomic E-state index is -0.266. The Hall–Kier alpha value is -0.730. The molecule has 0 atom stereocenters. The zero-order chi connectivity index (χ0) is 6.69. The predicted molar refractivity (Wildman–Crippen MR) is 34.5 cm³/mol. The van der Waals surface area contributed by atoms with E-state index in [1.165, 1.54) is 0 Å². The van der Waals surface area contributed by atoms with Crippen molar-refractivity contribution in [3.8, 4) is 0 Å². The molecule has 3 heteroatoms. The minimum absolute atomic E-state index is 0.266. The number of nitrogens with zero attached hydrogens (tertiary/aromatic N) is 2. The van der Waals surface area contributed by atoms with E-state index in [-0.39, 0.29) is 6.67 Å². The second-order valence-electron chi connectivity index (χ2n) is 2.20. The monoisotopic (exact) mass is 130 g/mol. The molecule has 0 saturated carbocycles. The van der Waals surface area contributed by atoms with Gasteiger partial charge in [-0.2, -0.15) is 0 Å². The first-order chi connectivity index (χ1) is 4.33. The molecular weight excluding hydrogens is 119 g/mol. The molecule has 0 bridgehead atoms. The lowest BCUT2D eigenvalue weighted by Crippen LogP contribution is -2.24. The highest BCUT2D eigenvalue weighted by Crippen LogP contribution is 2.01. The molecule has 1 rings (SSSR count). The van der Waals surface area contributed by atoms with Crippen LogP contribution in [0.5, 0.6) is 0 Å². The van der Waals surface area contributed by atoms with E-state index in [0.29, 0.717) is 6.54 Å². The Balaban J connectivity index is 2.24. The molecule has 1 heterocycles. The van der Waals surface area contributed by atoms with Crippen molar-refractivity contribution in [1.29, 1.82) is 0 Å². The molecule has 0 aromatic rings. The van der Waals surface area contributed by atoms with Crippen molar-refractivity contribution in [3.05, 3.63) is 12.4 Å². The Kier molecular flexibility index (Phi) is 1.92. The van der Waals surface area contributed by atoms with Gasteiger partial charge in [0.2, 0.25) is 0 Å². The second-order valence-corrected chi connectivity index (χ2v) is 2.20. The smallest absolute Gasteiger partial charge is 0.107 e. The van der Waals surface area contributed by atoms with Crippen LogP contribution >= 0.6 is 0 Å². The van der Waals surface area contributed by atoms with E-state index in [2.05, 4.69) is 0 Å². The van der Waals surface area contributed by atoms with Crippen molar-refractivity contribution < 1.29 is 4.39 Å². The Bertz CT molecular complexity index is 114. The normalized spacial score (nSPS) is 17.6. The van der Waals surface area contributed by atoms with Gasteiger partial charge in [0.15, 0.2) is 0 Å². The van der Waals surface area contributed by atoms with Gasteiger partial charge in [0.25, 0.3) is 0 Å². The summed E-state index contributed by atoms with van der Waals surface area (Å²) in [5.74, 6) is 0. The Labute approximate surface area is 54.6 Å². The summed E-state index contributed by atoms with van der Waals surface area (Å²) in [4.78, 5) is 3.94. The van der Waals surface area contributed by atoms with E-state index in [0.717, 1.165) is 6.67 Å². The fourth-order valence-electron chi connectivity index (χ4n) is 0.843. The maximum atomic E-state index is 11.7. The van der Waals surface area contributed by atoms with Gasteiger partial charge in [0.1, 0.15) is 6.67 Å². The summed E-state index contributed by atoms with van der Waals surface area (Å²) in [6.45, 7) is 1.07. The Morgan fingerprint density at radius 2 is 2.33 bits per heavy atom. The number of hydrogen-bond donors (Lipinski definition) is 0. The van der Waals surface area contributed by atoms with E-state index < -0.39 is 0 Å². The summed E-state index contributed by atoms with van der Waals surface area (Å²) in [6.07, 6.45) is 3.84. The molecule has 0 spiro atoms. The first-order valence-corrected chi connectivity index (χ1v) is 3.01. The molecule has 0 radical (unpaired) electrons. The van der Waals surface area contributed by atoms with Crippen LogP contribution in [0.1, 0.15) is 0 Å². The maximum absolute atomic E-state index is 11.7. The van der Waals surface area contributed by atoms with Crippen molar-refractivity contribution in [2.24, 2.45) is 0 Å². The Morgan fingerprint density at radius 3 is 2.78 bits per heavy atom. The summed E-state index contributed by atoms with van der Waals surface area (Å²) in [5.41, 5.74) is 0. The van der Waals surface area contributed by atoms with Crippen LogP contribution in [-0.4, -0.2) is 36.7 Å². The number of alkyl halides is 1. The minimum Gasteiger partial charge on any atom is -0.362 e. The summed E-state index contributed by atoms with van der Waals surface area (Å²) in [7, 11) is 1.97. The lowest BCUT2D eigenvalue weighted by molar-refractivity contribution is 0.273. The fraction of sp³-hybridized carbons (Fsp3) is 0.667. The number of halogens is 1. The van der Waals surface area contributed by atoms with Crippen LogP contribution in [0.3, 0.4) is 0 Å². The summed E-state index contributed by atoms with van der Waals surface area (Å²) >= 11 is 0. The number of rotatable bonds is 2. The van der Waals surface area contributed by atoms with Crippen LogP contribution in [0.15, 0.2) is 12.4 Å². The van der Waals surface area contributed by atoms with Crippen LogP contribution in [0.2, 0.25) is 0 Å². The molecule has 2 nitrogen and oxygen atoms in total. The van der Waals surface area contributed by atoms with Crippen LogP contribution < -0.4 is 0 Å². The molecule has 9 heavy (non-hydrogen) atoms. The highest BCUT2D eigenvalue weighted by Gasteiger charge is 2.05. The largest absolute Gasteiger partial charge is 0.362 e. The number of hydrogen-bond acceptors (Lipinski definition) is 2. The molecule has 0 unspecified atom stereocenters. The average molecular weight is 130 g/mol. The van der Waals surface area contributed by atoms with E-state index >= 15 is 0 Å². The third-order valence-electron chi connectivity index (χ3n) is 1.31. The second kappa shape index (κ2) is 2.71. The van der Waals surface area contributed by atoms with E-state index in [9.17, 15) is 4.39 Å². The third-order valence-corrected chi connectivity index (χ3v) is 1.31. The van der Waals surface area contributed by atoms with Crippen molar-refractivity contribution in [1.82, 2.24) is 9.80 Å². The van der Waals surface area contributed by atoms with Crippen LogP contribution in [0, 0.1) is 0 Å². The van der Waals surface area contributed by atoms with Gasteiger partial charge in [-0.3, -0.25) is 0 Å². The molecule has 1 aliphatic heterocycles. The summed E-state index contributed by atoms with van der Waals surface area (Å²) < 4.78 is 11.7. The molecule has 0 N–H and O–H groups in total. The van der Waals surface area contributed by atoms with Gasteiger partial charge in [-0.05, 0) is 0 Å². The van der Waals surface area contributed by atoms with E-state index in [1.807, 2.05) is 29.2 Å². The topological polar surface area (TPSA) is 6.48 Å². The van der Waals surface area contributed by atoms with Crippen LogP contribution in [0.25, 0.3) is 0 Å². The van der Waals surface area contributed by atoms with Gasteiger partial charge in [0.05, 0.1) is 6.67 Å². The lowest BCUT2D eigenvalue weighted by atomic mass is 10.6. The van der Waals surface area contributed by atoms with Gasteiger partial charge in [0, 0.05) is 26.0 Å².